The van der Waals surface area contributed by atoms with Gasteiger partial charge in [0, 0.05) is 58.5 Å². The van der Waals surface area contributed by atoms with Gasteiger partial charge in [0.25, 0.3) is 0 Å². The maximum absolute atomic E-state index is 12.1. The third-order valence-corrected chi connectivity index (χ3v) is 4.46. The maximum atomic E-state index is 12.1. The van der Waals surface area contributed by atoms with Crippen LogP contribution in [0.2, 0.25) is 0 Å². The van der Waals surface area contributed by atoms with Crippen LogP contribution in [0.4, 0.5) is 0 Å². The molecule has 3 aliphatic rings. The molecule has 110 valence electrons. The number of halogens is 1. The van der Waals surface area contributed by atoms with Gasteiger partial charge in [0.1, 0.15) is 0 Å². The summed E-state index contributed by atoms with van der Waals surface area (Å²) in [7, 11) is 0. The van der Waals surface area contributed by atoms with Gasteiger partial charge in [0.05, 0.1) is 5.92 Å². The third-order valence-electron chi connectivity index (χ3n) is 4.46. The Bertz CT molecular complexity index is 298. The molecule has 3 aliphatic heterocycles. The van der Waals surface area contributed by atoms with Crippen molar-refractivity contribution in [2.24, 2.45) is 5.92 Å². The summed E-state index contributed by atoms with van der Waals surface area (Å²) in [4.78, 5) is 16.7. The summed E-state index contributed by atoms with van der Waals surface area (Å²) in [6.07, 6.45) is 2.31. The van der Waals surface area contributed by atoms with Gasteiger partial charge in [-0.15, -0.1) is 12.4 Å². The monoisotopic (exact) mass is 289 g/mol. The lowest BCUT2D eigenvalue weighted by Crippen LogP contribution is -2.58. The number of nitrogens with zero attached hydrogens (tertiary/aromatic N) is 2. The van der Waals surface area contributed by atoms with E-state index in [4.69, 9.17) is 4.74 Å². The first-order valence-corrected chi connectivity index (χ1v) is 7.16. The molecular formula is C13H24ClN3O2. The van der Waals surface area contributed by atoms with Crippen LogP contribution in [-0.4, -0.2) is 74.2 Å². The number of carbonyl (C=O) groups is 1. The summed E-state index contributed by atoms with van der Waals surface area (Å²) in [5.41, 5.74) is 0. The first kappa shape index (κ1) is 15.0. The number of rotatable bonds is 2. The quantitative estimate of drug-likeness (QED) is 0.774. The standard InChI is InChI=1S/C13H23N3O2.ClH/c17-13(11-9-14-10-11)16-5-3-15(4-6-16)12-1-7-18-8-2-12;/h11-12,14H,1-10H2;1H. The SMILES string of the molecule is Cl.O=C(C1CNC1)N1CCN(C2CCOCC2)CC1. The van der Waals surface area contributed by atoms with Crippen molar-refractivity contribution in [2.75, 3.05) is 52.5 Å². The minimum absolute atomic E-state index is 0. The van der Waals surface area contributed by atoms with Crippen molar-refractivity contribution in [3.05, 3.63) is 0 Å². The van der Waals surface area contributed by atoms with Crippen molar-refractivity contribution in [3.8, 4) is 0 Å². The van der Waals surface area contributed by atoms with Crippen LogP contribution in [-0.2, 0) is 9.53 Å². The van der Waals surface area contributed by atoms with Crippen LogP contribution < -0.4 is 5.32 Å². The molecule has 0 saturated carbocycles. The Labute approximate surface area is 121 Å². The fourth-order valence-electron chi connectivity index (χ4n) is 3.08. The highest BCUT2D eigenvalue weighted by Crippen LogP contribution is 2.18. The molecular weight excluding hydrogens is 266 g/mol. The Balaban J connectivity index is 0.00000133. The number of piperazine rings is 1. The van der Waals surface area contributed by atoms with E-state index in [1.165, 1.54) is 0 Å². The Morgan fingerprint density at radius 1 is 1.05 bits per heavy atom. The van der Waals surface area contributed by atoms with Crippen molar-refractivity contribution < 1.29 is 9.53 Å². The van der Waals surface area contributed by atoms with Crippen LogP contribution in [0.25, 0.3) is 0 Å². The van der Waals surface area contributed by atoms with E-state index in [-0.39, 0.29) is 18.3 Å². The van der Waals surface area contributed by atoms with Gasteiger partial charge in [0.15, 0.2) is 0 Å². The molecule has 0 aromatic heterocycles. The average molecular weight is 290 g/mol. The molecule has 3 fully saturated rings. The highest BCUT2D eigenvalue weighted by molar-refractivity contribution is 5.85. The zero-order valence-electron chi connectivity index (χ0n) is 11.3. The highest BCUT2D eigenvalue weighted by Gasteiger charge is 2.32. The van der Waals surface area contributed by atoms with Crippen LogP contribution in [0.15, 0.2) is 0 Å². The Morgan fingerprint density at radius 3 is 2.21 bits per heavy atom. The van der Waals surface area contributed by atoms with Gasteiger partial charge in [-0.2, -0.15) is 0 Å². The van der Waals surface area contributed by atoms with E-state index in [9.17, 15) is 4.79 Å². The van der Waals surface area contributed by atoms with E-state index in [1.54, 1.807) is 0 Å². The Morgan fingerprint density at radius 2 is 1.68 bits per heavy atom. The average Bonchev–Trinajstić information content (AvgIpc) is 2.38. The molecule has 0 radical (unpaired) electrons. The molecule has 0 aromatic carbocycles. The normalized spacial score (nSPS) is 26.6. The Hall–Kier alpha value is -0.360. The number of amides is 1. The largest absolute Gasteiger partial charge is 0.381 e. The lowest BCUT2D eigenvalue weighted by atomic mass is 10.0. The van der Waals surface area contributed by atoms with Gasteiger partial charge < -0.3 is 15.0 Å². The number of ether oxygens (including phenoxy) is 1. The first-order chi connectivity index (χ1) is 8.84. The van der Waals surface area contributed by atoms with E-state index >= 15 is 0 Å². The number of hydrogen-bond donors (Lipinski definition) is 1. The van der Waals surface area contributed by atoms with Crippen LogP contribution in [0.3, 0.4) is 0 Å². The summed E-state index contributed by atoms with van der Waals surface area (Å²) < 4.78 is 5.41. The molecule has 0 bridgehead atoms. The molecule has 0 unspecified atom stereocenters. The number of hydrogen-bond acceptors (Lipinski definition) is 4. The van der Waals surface area contributed by atoms with E-state index in [2.05, 4.69) is 15.1 Å². The summed E-state index contributed by atoms with van der Waals surface area (Å²) in [5.74, 6) is 0.611. The van der Waals surface area contributed by atoms with Crippen LogP contribution >= 0.6 is 12.4 Å². The molecule has 5 nitrogen and oxygen atoms in total. The molecule has 0 atom stereocenters. The lowest BCUT2D eigenvalue weighted by Gasteiger charge is -2.42. The van der Waals surface area contributed by atoms with Crippen molar-refractivity contribution in [3.63, 3.8) is 0 Å². The van der Waals surface area contributed by atoms with Crippen molar-refractivity contribution >= 4 is 18.3 Å². The van der Waals surface area contributed by atoms with E-state index in [0.29, 0.717) is 11.9 Å². The molecule has 0 aromatic rings. The fourth-order valence-corrected chi connectivity index (χ4v) is 3.08. The van der Waals surface area contributed by atoms with E-state index in [0.717, 1.165) is 65.3 Å². The molecule has 3 heterocycles. The molecule has 3 saturated heterocycles. The summed E-state index contributed by atoms with van der Waals surface area (Å²) >= 11 is 0. The minimum Gasteiger partial charge on any atom is -0.381 e. The molecule has 1 amide bonds. The van der Waals surface area contributed by atoms with Gasteiger partial charge in [-0.05, 0) is 12.8 Å². The van der Waals surface area contributed by atoms with E-state index < -0.39 is 0 Å². The topological polar surface area (TPSA) is 44.8 Å². The predicted molar refractivity (Wildman–Crippen MR) is 75.6 cm³/mol. The number of carbonyl (C=O) groups excluding carboxylic acids is 1. The second kappa shape index (κ2) is 6.88. The molecule has 6 heteroatoms. The summed E-state index contributed by atoms with van der Waals surface area (Å²) in [6.45, 7) is 7.44. The maximum Gasteiger partial charge on any atom is 0.228 e. The van der Waals surface area contributed by atoms with Crippen LogP contribution in [0, 0.1) is 5.92 Å². The molecule has 19 heavy (non-hydrogen) atoms. The van der Waals surface area contributed by atoms with Crippen molar-refractivity contribution in [1.82, 2.24) is 15.1 Å². The molecule has 1 N–H and O–H groups in total. The third kappa shape index (κ3) is 3.40. The van der Waals surface area contributed by atoms with Gasteiger partial charge in [0.2, 0.25) is 5.91 Å². The lowest BCUT2D eigenvalue weighted by molar-refractivity contribution is -0.139. The zero-order chi connectivity index (χ0) is 12.4. The summed E-state index contributed by atoms with van der Waals surface area (Å²) in [5, 5.41) is 3.17. The fraction of sp³-hybridized carbons (Fsp3) is 0.923. The van der Waals surface area contributed by atoms with Crippen molar-refractivity contribution in [2.45, 2.75) is 18.9 Å². The van der Waals surface area contributed by atoms with E-state index in [1.807, 2.05) is 0 Å². The number of nitrogens with one attached hydrogen (secondary N) is 1. The van der Waals surface area contributed by atoms with Crippen LogP contribution in [0.1, 0.15) is 12.8 Å². The zero-order valence-corrected chi connectivity index (χ0v) is 12.2. The van der Waals surface area contributed by atoms with Crippen LogP contribution in [0.5, 0.6) is 0 Å². The van der Waals surface area contributed by atoms with Gasteiger partial charge in [-0.25, -0.2) is 0 Å². The second-order valence-corrected chi connectivity index (χ2v) is 5.56. The Kier molecular flexibility index (Phi) is 5.45. The second-order valence-electron chi connectivity index (χ2n) is 5.56. The van der Waals surface area contributed by atoms with Gasteiger partial charge in [-0.3, -0.25) is 9.69 Å². The highest BCUT2D eigenvalue weighted by atomic mass is 35.5. The first-order valence-electron chi connectivity index (χ1n) is 7.16. The molecule has 0 spiro atoms. The summed E-state index contributed by atoms with van der Waals surface area (Å²) in [6, 6.07) is 0.682. The van der Waals surface area contributed by atoms with Gasteiger partial charge in [-0.1, -0.05) is 0 Å². The predicted octanol–water partition coefficient (Wildman–Crippen LogP) is -0.0492. The molecule has 0 aliphatic carbocycles. The van der Waals surface area contributed by atoms with Gasteiger partial charge >= 0.3 is 0 Å². The smallest absolute Gasteiger partial charge is 0.228 e. The van der Waals surface area contributed by atoms with Crippen molar-refractivity contribution in [1.29, 1.82) is 0 Å². The molecule has 3 rings (SSSR count). The minimum atomic E-state index is 0.